The SMILES string of the molecule is CC(C)(CNc1ncc(Br)cc1Cl)NS(C)(=O)=O. The van der Waals surface area contributed by atoms with E-state index in [4.69, 9.17) is 11.6 Å². The van der Waals surface area contributed by atoms with Gasteiger partial charge in [-0.1, -0.05) is 11.6 Å². The fraction of sp³-hybridized carbons (Fsp3) is 0.500. The number of anilines is 1. The van der Waals surface area contributed by atoms with Crippen molar-refractivity contribution in [1.29, 1.82) is 0 Å². The molecule has 0 radical (unpaired) electrons. The first-order valence-corrected chi connectivity index (χ1v) is 8.19. The minimum atomic E-state index is -3.25. The second-order valence-corrected chi connectivity index (χ2v) is 7.67. The zero-order chi connectivity index (χ0) is 14.0. The summed E-state index contributed by atoms with van der Waals surface area (Å²) < 4.78 is 25.7. The van der Waals surface area contributed by atoms with E-state index in [9.17, 15) is 8.42 Å². The Kier molecular flexibility index (Phi) is 4.99. The Morgan fingerprint density at radius 3 is 2.61 bits per heavy atom. The zero-order valence-corrected chi connectivity index (χ0v) is 13.4. The monoisotopic (exact) mass is 355 g/mol. The highest BCUT2D eigenvalue weighted by Gasteiger charge is 2.22. The third kappa shape index (κ3) is 5.51. The molecule has 1 aromatic rings. The number of halogens is 2. The normalized spacial score (nSPS) is 12.5. The minimum absolute atomic E-state index is 0.369. The van der Waals surface area contributed by atoms with E-state index in [2.05, 4.69) is 31.0 Å². The highest BCUT2D eigenvalue weighted by molar-refractivity contribution is 9.10. The molecule has 1 heterocycles. The molecule has 0 saturated heterocycles. The molecular weight excluding hydrogens is 342 g/mol. The molecule has 0 spiro atoms. The first kappa shape index (κ1) is 15.7. The Morgan fingerprint density at radius 2 is 2.11 bits per heavy atom. The summed E-state index contributed by atoms with van der Waals surface area (Å²) in [5, 5.41) is 3.48. The number of nitrogens with one attached hydrogen (secondary N) is 2. The maximum Gasteiger partial charge on any atom is 0.209 e. The van der Waals surface area contributed by atoms with Crippen molar-refractivity contribution in [2.24, 2.45) is 0 Å². The van der Waals surface area contributed by atoms with Crippen LogP contribution in [0, 0.1) is 0 Å². The van der Waals surface area contributed by atoms with Gasteiger partial charge in [-0.2, -0.15) is 0 Å². The molecular formula is C10H15BrClN3O2S. The zero-order valence-electron chi connectivity index (χ0n) is 10.3. The largest absolute Gasteiger partial charge is 0.367 e. The van der Waals surface area contributed by atoms with Crippen LogP contribution < -0.4 is 10.0 Å². The van der Waals surface area contributed by atoms with Crippen molar-refractivity contribution in [2.75, 3.05) is 18.1 Å². The third-order valence-corrected chi connectivity index (χ3v) is 3.61. The molecule has 0 amide bonds. The summed E-state index contributed by atoms with van der Waals surface area (Å²) >= 11 is 9.26. The standard InChI is InChI=1S/C10H15BrClN3O2S/c1-10(2,15-18(3,16)17)6-14-9-8(12)4-7(11)5-13-9/h4-5,15H,6H2,1-3H3,(H,13,14). The predicted octanol–water partition coefficient (Wildman–Crippen LogP) is 2.24. The lowest BCUT2D eigenvalue weighted by Crippen LogP contribution is -2.47. The number of pyridine rings is 1. The van der Waals surface area contributed by atoms with E-state index < -0.39 is 15.6 Å². The van der Waals surface area contributed by atoms with Gasteiger partial charge < -0.3 is 5.32 Å². The lowest BCUT2D eigenvalue weighted by molar-refractivity contribution is 0.476. The molecule has 0 aromatic carbocycles. The maximum atomic E-state index is 11.2. The summed E-state index contributed by atoms with van der Waals surface area (Å²) in [6, 6.07) is 1.72. The van der Waals surface area contributed by atoms with Gasteiger partial charge in [-0.05, 0) is 35.8 Å². The van der Waals surface area contributed by atoms with Crippen molar-refractivity contribution in [3.05, 3.63) is 21.8 Å². The van der Waals surface area contributed by atoms with E-state index in [1.54, 1.807) is 26.1 Å². The van der Waals surface area contributed by atoms with Gasteiger partial charge >= 0.3 is 0 Å². The number of nitrogens with zero attached hydrogens (tertiary/aromatic N) is 1. The van der Waals surface area contributed by atoms with E-state index in [-0.39, 0.29) is 0 Å². The van der Waals surface area contributed by atoms with Crippen molar-refractivity contribution in [1.82, 2.24) is 9.71 Å². The first-order valence-electron chi connectivity index (χ1n) is 5.13. The summed E-state index contributed by atoms with van der Waals surface area (Å²) in [4.78, 5) is 4.11. The van der Waals surface area contributed by atoms with E-state index in [0.717, 1.165) is 10.7 Å². The van der Waals surface area contributed by atoms with Crippen molar-refractivity contribution in [2.45, 2.75) is 19.4 Å². The molecule has 0 unspecified atom stereocenters. The number of sulfonamides is 1. The molecule has 0 aliphatic carbocycles. The summed E-state index contributed by atoms with van der Waals surface area (Å²) in [6.45, 7) is 3.91. The van der Waals surface area contributed by atoms with E-state index >= 15 is 0 Å². The van der Waals surface area contributed by atoms with Crippen LogP contribution in [0.25, 0.3) is 0 Å². The molecule has 18 heavy (non-hydrogen) atoms. The maximum absolute atomic E-state index is 11.2. The average Bonchev–Trinajstić information content (AvgIpc) is 2.12. The van der Waals surface area contributed by atoms with Crippen molar-refractivity contribution < 1.29 is 8.42 Å². The summed E-state index contributed by atoms with van der Waals surface area (Å²) in [7, 11) is -3.25. The van der Waals surface area contributed by atoms with Crippen LogP contribution in [0.15, 0.2) is 16.7 Å². The molecule has 0 saturated carbocycles. The van der Waals surface area contributed by atoms with Crippen LogP contribution in [0.3, 0.4) is 0 Å². The van der Waals surface area contributed by atoms with E-state index in [1.165, 1.54) is 0 Å². The quantitative estimate of drug-likeness (QED) is 0.849. The molecule has 5 nitrogen and oxygen atoms in total. The van der Waals surface area contributed by atoms with Crippen LogP contribution in [-0.2, 0) is 10.0 Å². The molecule has 0 aliphatic heterocycles. The average molecular weight is 357 g/mol. The number of rotatable bonds is 5. The Morgan fingerprint density at radius 1 is 1.50 bits per heavy atom. The van der Waals surface area contributed by atoms with Crippen molar-refractivity contribution in [3.8, 4) is 0 Å². The summed E-state index contributed by atoms with van der Waals surface area (Å²) in [5.41, 5.74) is -0.633. The molecule has 0 atom stereocenters. The molecule has 2 N–H and O–H groups in total. The Bertz CT molecular complexity index is 534. The second-order valence-electron chi connectivity index (χ2n) is 4.60. The second kappa shape index (κ2) is 5.73. The molecule has 1 rings (SSSR count). The number of aromatic nitrogens is 1. The molecule has 0 fully saturated rings. The Hall–Kier alpha value is -0.370. The van der Waals surface area contributed by atoms with Gasteiger partial charge in [-0.25, -0.2) is 18.1 Å². The van der Waals surface area contributed by atoms with Crippen LogP contribution >= 0.6 is 27.5 Å². The van der Waals surface area contributed by atoms with Gasteiger partial charge in [0.1, 0.15) is 5.82 Å². The predicted molar refractivity (Wildman–Crippen MR) is 77.5 cm³/mol. The van der Waals surface area contributed by atoms with Gasteiger partial charge in [-0.3, -0.25) is 0 Å². The van der Waals surface area contributed by atoms with Gasteiger partial charge in [-0.15, -0.1) is 0 Å². The molecule has 8 heteroatoms. The van der Waals surface area contributed by atoms with Gasteiger partial charge in [0, 0.05) is 22.8 Å². The topological polar surface area (TPSA) is 71.1 Å². The van der Waals surface area contributed by atoms with Gasteiger partial charge in [0.05, 0.1) is 11.3 Å². The van der Waals surface area contributed by atoms with E-state index in [0.29, 0.717) is 17.4 Å². The minimum Gasteiger partial charge on any atom is -0.367 e. The van der Waals surface area contributed by atoms with Gasteiger partial charge in [0.2, 0.25) is 10.0 Å². The van der Waals surface area contributed by atoms with Crippen LogP contribution in [-0.4, -0.2) is 31.7 Å². The van der Waals surface area contributed by atoms with Gasteiger partial charge in [0.25, 0.3) is 0 Å². The molecule has 102 valence electrons. The first-order chi connectivity index (χ1) is 8.09. The Balaban J connectivity index is 2.70. The number of hydrogen-bond acceptors (Lipinski definition) is 4. The van der Waals surface area contributed by atoms with Crippen molar-refractivity contribution in [3.63, 3.8) is 0 Å². The van der Waals surface area contributed by atoms with Crippen LogP contribution in [0.2, 0.25) is 5.02 Å². The van der Waals surface area contributed by atoms with Crippen LogP contribution in [0.4, 0.5) is 5.82 Å². The summed E-state index contributed by atoms with van der Waals surface area (Å²) in [5.74, 6) is 0.517. The molecule has 0 aliphatic rings. The highest BCUT2D eigenvalue weighted by atomic mass is 79.9. The van der Waals surface area contributed by atoms with Gasteiger partial charge in [0.15, 0.2) is 0 Å². The highest BCUT2D eigenvalue weighted by Crippen LogP contribution is 2.23. The third-order valence-electron chi connectivity index (χ3n) is 1.97. The lowest BCUT2D eigenvalue weighted by atomic mass is 10.1. The fourth-order valence-corrected chi connectivity index (χ4v) is 3.16. The van der Waals surface area contributed by atoms with Crippen LogP contribution in [0.5, 0.6) is 0 Å². The number of hydrogen-bond donors (Lipinski definition) is 2. The Labute approximate surface area is 121 Å². The summed E-state index contributed by atoms with van der Waals surface area (Å²) in [6.07, 6.45) is 2.74. The smallest absolute Gasteiger partial charge is 0.209 e. The van der Waals surface area contributed by atoms with E-state index in [1.807, 2.05) is 0 Å². The van der Waals surface area contributed by atoms with Crippen LogP contribution in [0.1, 0.15) is 13.8 Å². The molecule has 1 aromatic heterocycles. The van der Waals surface area contributed by atoms with Crippen molar-refractivity contribution >= 4 is 43.4 Å². The lowest BCUT2D eigenvalue weighted by Gasteiger charge is -2.25. The fourth-order valence-electron chi connectivity index (χ4n) is 1.39. The molecule has 0 bridgehead atoms.